The zero-order valence-electron chi connectivity index (χ0n) is 17.5. The molecule has 9 heteroatoms. The monoisotopic (exact) mass is 451 g/mol. The summed E-state index contributed by atoms with van der Waals surface area (Å²) in [7, 11) is 0. The van der Waals surface area contributed by atoms with Crippen molar-refractivity contribution in [2.24, 2.45) is 0 Å². The van der Waals surface area contributed by atoms with Gasteiger partial charge in [0.2, 0.25) is 0 Å². The lowest BCUT2D eigenvalue weighted by Crippen LogP contribution is -2.39. The molecule has 0 unspecified atom stereocenters. The molecule has 4 aromatic rings. The average molecular weight is 451 g/mol. The number of benzene rings is 2. The summed E-state index contributed by atoms with van der Waals surface area (Å²) < 4.78 is 39.3. The number of aromatic amines is 1. The molecule has 33 heavy (non-hydrogen) atoms. The topological polar surface area (TPSA) is 74.8 Å². The zero-order chi connectivity index (χ0) is 23.0. The summed E-state index contributed by atoms with van der Waals surface area (Å²) in [6.45, 7) is 1.13. The Morgan fingerprint density at radius 2 is 1.82 bits per heavy atom. The summed E-state index contributed by atoms with van der Waals surface area (Å²) in [5.41, 5.74) is 2.83. The van der Waals surface area contributed by atoms with E-state index in [0.717, 1.165) is 30.7 Å². The fraction of sp³-hybridized carbons (Fsp3) is 0.250. The van der Waals surface area contributed by atoms with Crippen LogP contribution in [-0.2, 0) is 6.18 Å². The van der Waals surface area contributed by atoms with E-state index >= 15 is 0 Å². The number of aromatic nitrogens is 4. The van der Waals surface area contributed by atoms with Gasteiger partial charge in [0.25, 0.3) is 5.91 Å². The predicted molar refractivity (Wildman–Crippen MR) is 116 cm³/mol. The van der Waals surface area contributed by atoms with Gasteiger partial charge >= 0.3 is 6.18 Å². The number of alkyl halides is 3. The third-order valence-corrected chi connectivity index (χ3v) is 5.95. The van der Waals surface area contributed by atoms with Crippen molar-refractivity contribution in [3.8, 4) is 11.3 Å². The second kappa shape index (κ2) is 8.31. The number of hydrogen-bond donors (Lipinski definition) is 1. The minimum absolute atomic E-state index is 0.00392. The number of pyridine rings is 1. The number of nitrogens with zero attached hydrogens (tertiary/aromatic N) is 4. The molecule has 2 aromatic heterocycles. The smallest absolute Gasteiger partial charge is 0.338 e. The van der Waals surface area contributed by atoms with E-state index < -0.39 is 11.7 Å². The number of hydrogen-bond acceptors (Lipinski definition) is 4. The largest absolute Gasteiger partial charge is 0.416 e. The van der Waals surface area contributed by atoms with Crippen molar-refractivity contribution in [2.45, 2.75) is 24.9 Å². The first-order valence-corrected chi connectivity index (χ1v) is 10.6. The summed E-state index contributed by atoms with van der Waals surface area (Å²) in [5, 5.41) is 10.6. The molecule has 5 rings (SSSR count). The number of piperidine rings is 1. The Balaban J connectivity index is 1.37. The zero-order valence-corrected chi connectivity index (χ0v) is 17.5. The van der Waals surface area contributed by atoms with Gasteiger partial charge in [-0.15, -0.1) is 0 Å². The molecule has 1 amide bonds. The van der Waals surface area contributed by atoms with Crippen LogP contribution in [0.15, 0.2) is 60.7 Å². The Labute approximate surface area is 187 Å². The Kier molecular flexibility index (Phi) is 5.32. The van der Waals surface area contributed by atoms with Crippen molar-refractivity contribution in [3.05, 3.63) is 77.5 Å². The van der Waals surface area contributed by atoms with E-state index in [1.165, 1.54) is 6.07 Å². The molecule has 0 bridgehead atoms. The van der Waals surface area contributed by atoms with E-state index in [0.29, 0.717) is 40.9 Å². The van der Waals surface area contributed by atoms with Crippen molar-refractivity contribution in [2.75, 3.05) is 13.1 Å². The van der Waals surface area contributed by atoms with E-state index in [1.54, 1.807) is 41.3 Å². The molecule has 1 aliphatic rings. The average Bonchev–Trinajstić information content (AvgIpc) is 3.31. The lowest BCUT2D eigenvalue weighted by molar-refractivity contribution is -0.137. The maximum atomic E-state index is 13.1. The SMILES string of the molecule is O=C(c1ccc2n[nH]nc2c1)N1CCC[C@H](c2cccc(-c3cccc(C(F)(F)F)c3)n2)C1. The molecule has 3 heterocycles. The number of rotatable bonds is 3. The van der Waals surface area contributed by atoms with Crippen molar-refractivity contribution in [1.29, 1.82) is 0 Å². The molecular formula is C24H20F3N5O. The Morgan fingerprint density at radius 3 is 2.67 bits per heavy atom. The van der Waals surface area contributed by atoms with Crippen molar-refractivity contribution >= 4 is 16.9 Å². The van der Waals surface area contributed by atoms with Gasteiger partial charge in [-0.1, -0.05) is 18.2 Å². The number of H-pyrrole nitrogens is 1. The molecule has 6 nitrogen and oxygen atoms in total. The van der Waals surface area contributed by atoms with Crippen LogP contribution in [0.25, 0.3) is 22.3 Å². The first kappa shape index (κ1) is 21.1. The summed E-state index contributed by atoms with van der Waals surface area (Å²) >= 11 is 0. The fourth-order valence-electron chi connectivity index (χ4n) is 4.25. The predicted octanol–water partition coefficient (Wildman–Crippen LogP) is 5.06. The molecule has 0 radical (unpaired) electrons. The lowest BCUT2D eigenvalue weighted by Gasteiger charge is -2.32. The molecule has 2 aromatic carbocycles. The molecule has 1 fully saturated rings. The quantitative estimate of drug-likeness (QED) is 0.473. The van der Waals surface area contributed by atoms with Crippen molar-refractivity contribution < 1.29 is 18.0 Å². The van der Waals surface area contributed by atoms with Crippen LogP contribution in [0.1, 0.15) is 40.4 Å². The highest BCUT2D eigenvalue weighted by atomic mass is 19.4. The third kappa shape index (κ3) is 4.30. The molecule has 0 saturated carbocycles. The maximum Gasteiger partial charge on any atom is 0.416 e. The van der Waals surface area contributed by atoms with Crippen LogP contribution in [0.5, 0.6) is 0 Å². The van der Waals surface area contributed by atoms with Crippen LogP contribution in [-0.4, -0.2) is 44.3 Å². The molecule has 0 aliphatic carbocycles. The summed E-state index contributed by atoms with van der Waals surface area (Å²) in [6, 6.07) is 15.8. The third-order valence-electron chi connectivity index (χ3n) is 5.95. The second-order valence-corrected chi connectivity index (χ2v) is 8.14. The van der Waals surface area contributed by atoms with Gasteiger partial charge in [0.05, 0.1) is 11.3 Å². The van der Waals surface area contributed by atoms with E-state index in [-0.39, 0.29) is 11.8 Å². The first-order chi connectivity index (χ1) is 15.9. The minimum Gasteiger partial charge on any atom is -0.338 e. The maximum absolute atomic E-state index is 13.1. The van der Waals surface area contributed by atoms with E-state index in [9.17, 15) is 18.0 Å². The highest BCUT2D eigenvalue weighted by Crippen LogP contribution is 2.33. The molecule has 168 valence electrons. The Morgan fingerprint density at radius 1 is 1.00 bits per heavy atom. The van der Waals surface area contributed by atoms with Crippen LogP contribution < -0.4 is 0 Å². The number of amides is 1. The number of likely N-dealkylation sites (tertiary alicyclic amines) is 1. The van der Waals surface area contributed by atoms with Crippen LogP contribution in [0.4, 0.5) is 13.2 Å². The van der Waals surface area contributed by atoms with Crippen LogP contribution in [0.2, 0.25) is 0 Å². The van der Waals surface area contributed by atoms with Gasteiger partial charge in [0.1, 0.15) is 11.0 Å². The summed E-state index contributed by atoms with van der Waals surface area (Å²) in [6.07, 6.45) is -2.74. The van der Waals surface area contributed by atoms with Crippen LogP contribution in [0, 0.1) is 0 Å². The van der Waals surface area contributed by atoms with Gasteiger partial charge in [-0.2, -0.15) is 28.6 Å². The highest BCUT2D eigenvalue weighted by molar-refractivity contribution is 5.97. The number of fused-ring (bicyclic) bond motifs is 1. The molecule has 1 aliphatic heterocycles. The van der Waals surface area contributed by atoms with Gasteiger partial charge in [-0.25, -0.2) is 0 Å². The Hall–Kier alpha value is -3.75. The number of carbonyl (C=O) groups excluding carboxylic acids is 1. The second-order valence-electron chi connectivity index (χ2n) is 8.14. The van der Waals surface area contributed by atoms with E-state index in [4.69, 9.17) is 0 Å². The van der Waals surface area contributed by atoms with Crippen molar-refractivity contribution in [1.82, 2.24) is 25.3 Å². The first-order valence-electron chi connectivity index (χ1n) is 10.6. The van der Waals surface area contributed by atoms with Gasteiger partial charge in [0.15, 0.2) is 0 Å². The van der Waals surface area contributed by atoms with Gasteiger partial charge in [-0.3, -0.25) is 9.78 Å². The molecule has 1 saturated heterocycles. The molecule has 1 N–H and O–H groups in total. The fourth-order valence-corrected chi connectivity index (χ4v) is 4.25. The highest BCUT2D eigenvalue weighted by Gasteiger charge is 2.31. The molecule has 1 atom stereocenters. The summed E-state index contributed by atoms with van der Waals surface area (Å²) in [4.78, 5) is 19.6. The van der Waals surface area contributed by atoms with E-state index in [2.05, 4.69) is 20.4 Å². The van der Waals surface area contributed by atoms with Crippen molar-refractivity contribution in [3.63, 3.8) is 0 Å². The molecule has 0 spiro atoms. The number of carbonyl (C=O) groups is 1. The van der Waals surface area contributed by atoms with Gasteiger partial charge in [0, 0.05) is 35.8 Å². The number of nitrogens with one attached hydrogen (secondary N) is 1. The van der Waals surface area contributed by atoms with Crippen LogP contribution >= 0.6 is 0 Å². The van der Waals surface area contributed by atoms with Gasteiger partial charge < -0.3 is 4.90 Å². The Bertz CT molecular complexity index is 1320. The molecular weight excluding hydrogens is 431 g/mol. The van der Waals surface area contributed by atoms with Crippen LogP contribution in [0.3, 0.4) is 0 Å². The summed E-state index contributed by atoms with van der Waals surface area (Å²) in [5.74, 6) is -0.0807. The van der Waals surface area contributed by atoms with E-state index in [1.807, 2.05) is 6.07 Å². The lowest BCUT2D eigenvalue weighted by atomic mass is 9.93. The standard InChI is InChI=1S/C24H20F3N5O/c25-24(26,27)18-6-1-4-15(12-18)19-7-2-8-20(28-19)17-5-3-11-32(14-17)23(33)16-9-10-21-22(13-16)30-31-29-21/h1-2,4,6-10,12-13,17H,3,5,11,14H2,(H,29,30,31)/t17-/m0/s1. The normalized spacial score (nSPS) is 16.8. The van der Waals surface area contributed by atoms with Gasteiger partial charge in [-0.05, 0) is 55.3 Å². The number of halogens is 3. The minimum atomic E-state index is -4.41.